The molecule has 0 aromatic heterocycles. The summed E-state index contributed by atoms with van der Waals surface area (Å²) in [6.07, 6.45) is 2.83. The second kappa shape index (κ2) is 8.39. The second-order valence-corrected chi connectivity index (χ2v) is 8.08. The fourth-order valence-electron chi connectivity index (χ4n) is 3.80. The maximum atomic E-state index is 12.9. The number of piperidine rings is 1. The Bertz CT molecular complexity index is 739. The van der Waals surface area contributed by atoms with E-state index >= 15 is 0 Å². The average Bonchev–Trinajstić information content (AvgIpc) is 3.08. The zero-order chi connectivity index (χ0) is 19.6. The first kappa shape index (κ1) is 19.8. The Labute approximate surface area is 167 Å². The summed E-state index contributed by atoms with van der Waals surface area (Å²) in [6.45, 7) is 1.98. The average molecular weight is 437 g/mol. The van der Waals surface area contributed by atoms with E-state index < -0.39 is 18.1 Å². The van der Waals surface area contributed by atoms with Crippen LogP contribution in [0.5, 0.6) is 0 Å². The van der Waals surface area contributed by atoms with Crippen molar-refractivity contribution < 1.29 is 14.4 Å². The zero-order valence-corrected chi connectivity index (χ0v) is 16.9. The van der Waals surface area contributed by atoms with Crippen molar-refractivity contribution in [3.8, 4) is 0 Å². The van der Waals surface area contributed by atoms with E-state index in [-0.39, 0.29) is 23.8 Å². The summed E-state index contributed by atoms with van der Waals surface area (Å²) in [4.78, 5) is 39.2. The van der Waals surface area contributed by atoms with Gasteiger partial charge < -0.3 is 21.3 Å². The Kier molecular flexibility index (Phi) is 6.16. The standard InChI is InChI=1S/C19H25BrN4O3/c1-11(21)17(25)23-15-8-6-13-7-9-16(24(13)19(15)27)18(26)22-10-12-4-2-3-5-14(12)20/h2-5,11,13,15-16H,6-10,21H2,1H3,(H,22,26)(H,23,25)/t11-,13-,15?,16-/m0/s1. The Hall–Kier alpha value is -1.93. The molecule has 3 amide bonds. The van der Waals surface area contributed by atoms with Gasteiger partial charge in [-0.2, -0.15) is 0 Å². The van der Waals surface area contributed by atoms with Crippen LogP contribution in [0, 0.1) is 0 Å². The normalized spacial score (nSPS) is 25.7. The van der Waals surface area contributed by atoms with E-state index in [2.05, 4.69) is 26.6 Å². The second-order valence-electron chi connectivity index (χ2n) is 7.23. The highest BCUT2D eigenvalue weighted by Gasteiger charge is 2.46. The number of carbonyl (C=O) groups is 3. The van der Waals surface area contributed by atoms with Crippen molar-refractivity contribution in [2.24, 2.45) is 5.73 Å². The van der Waals surface area contributed by atoms with Crippen molar-refractivity contribution in [2.75, 3.05) is 0 Å². The number of amides is 3. The van der Waals surface area contributed by atoms with Crippen molar-refractivity contribution in [1.29, 1.82) is 0 Å². The van der Waals surface area contributed by atoms with Gasteiger partial charge in [-0.25, -0.2) is 0 Å². The SMILES string of the molecule is C[C@H](N)C(=O)NC1CC[C@H]2CC[C@@H](C(=O)NCc3ccccc3Br)N2C1=O. The number of halogens is 1. The van der Waals surface area contributed by atoms with Crippen LogP contribution >= 0.6 is 15.9 Å². The molecule has 2 saturated heterocycles. The van der Waals surface area contributed by atoms with Crippen LogP contribution in [0.15, 0.2) is 28.7 Å². The molecule has 0 aliphatic carbocycles. The van der Waals surface area contributed by atoms with Crippen LogP contribution in [-0.4, -0.2) is 46.8 Å². The van der Waals surface area contributed by atoms with E-state index in [1.807, 2.05) is 24.3 Å². The largest absolute Gasteiger partial charge is 0.350 e. The van der Waals surface area contributed by atoms with Crippen molar-refractivity contribution in [3.05, 3.63) is 34.3 Å². The van der Waals surface area contributed by atoms with Gasteiger partial charge in [-0.05, 0) is 44.2 Å². The third kappa shape index (κ3) is 4.32. The molecule has 0 bridgehead atoms. The lowest BCUT2D eigenvalue weighted by molar-refractivity contribution is -0.146. The minimum atomic E-state index is -0.669. The fraction of sp³-hybridized carbons (Fsp3) is 0.526. The van der Waals surface area contributed by atoms with Crippen LogP contribution in [0.3, 0.4) is 0 Å². The highest BCUT2D eigenvalue weighted by atomic mass is 79.9. The minimum absolute atomic E-state index is 0.0696. The lowest BCUT2D eigenvalue weighted by Crippen LogP contribution is -2.59. The van der Waals surface area contributed by atoms with E-state index in [1.54, 1.807) is 11.8 Å². The van der Waals surface area contributed by atoms with Gasteiger partial charge in [0, 0.05) is 17.1 Å². The molecule has 8 heteroatoms. The predicted octanol–water partition coefficient (Wildman–Crippen LogP) is 1.05. The summed E-state index contributed by atoms with van der Waals surface area (Å²) >= 11 is 3.47. The van der Waals surface area contributed by atoms with Crippen molar-refractivity contribution >= 4 is 33.7 Å². The fourth-order valence-corrected chi connectivity index (χ4v) is 4.22. The summed E-state index contributed by atoms with van der Waals surface area (Å²) in [5.41, 5.74) is 6.56. The van der Waals surface area contributed by atoms with Gasteiger partial charge in [-0.3, -0.25) is 14.4 Å². The van der Waals surface area contributed by atoms with Crippen LogP contribution < -0.4 is 16.4 Å². The van der Waals surface area contributed by atoms with Gasteiger partial charge in [0.25, 0.3) is 0 Å². The summed E-state index contributed by atoms with van der Waals surface area (Å²) in [5.74, 6) is -0.680. The molecule has 1 aromatic rings. The highest BCUT2D eigenvalue weighted by molar-refractivity contribution is 9.10. The molecule has 2 fully saturated rings. The molecule has 0 saturated carbocycles. The molecule has 1 aromatic carbocycles. The van der Waals surface area contributed by atoms with E-state index in [4.69, 9.17) is 5.73 Å². The number of nitrogens with one attached hydrogen (secondary N) is 2. The van der Waals surface area contributed by atoms with E-state index in [1.165, 1.54) is 0 Å². The highest BCUT2D eigenvalue weighted by Crippen LogP contribution is 2.32. The zero-order valence-electron chi connectivity index (χ0n) is 15.3. The summed E-state index contributed by atoms with van der Waals surface area (Å²) in [6, 6.07) is 6.01. The lowest BCUT2D eigenvalue weighted by Gasteiger charge is -2.38. The molecular formula is C19H25BrN4O3. The number of hydrogen-bond donors (Lipinski definition) is 3. The van der Waals surface area contributed by atoms with Crippen LogP contribution in [0.2, 0.25) is 0 Å². The number of nitrogens with two attached hydrogens (primary N) is 1. The van der Waals surface area contributed by atoms with Gasteiger partial charge in [0.15, 0.2) is 0 Å². The van der Waals surface area contributed by atoms with Crippen LogP contribution in [0.4, 0.5) is 0 Å². The van der Waals surface area contributed by atoms with Crippen LogP contribution in [0.25, 0.3) is 0 Å². The Balaban J connectivity index is 1.64. The van der Waals surface area contributed by atoms with Gasteiger partial charge in [0.2, 0.25) is 17.7 Å². The van der Waals surface area contributed by atoms with Crippen LogP contribution in [0.1, 0.15) is 38.2 Å². The number of benzene rings is 1. The smallest absolute Gasteiger partial charge is 0.246 e. The van der Waals surface area contributed by atoms with Gasteiger partial charge >= 0.3 is 0 Å². The lowest BCUT2D eigenvalue weighted by atomic mass is 9.97. The number of fused-ring (bicyclic) bond motifs is 1. The molecule has 4 atom stereocenters. The molecular weight excluding hydrogens is 412 g/mol. The van der Waals surface area contributed by atoms with Crippen LogP contribution in [-0.2, 0) is 20.9 Å². The first-order valence-corrected chi connectivity index (χ1v) is 10.1. The topological polar surface area (TPSA) is 105 Å². The molecule has 0 spiro atoms. The van der Waals surface area contributed by atoms with Crippen molar-refractivity contribution in [3.63, 3.8) is 0 Å². The first-order valence-electron chi connectivity index (χ1n) is 9.27. The van der Waals surface area contributed by atoms with Gasteiger partial charge in [-0.1, -0.05) is 34.1 Å². The van der Waals surface area contributed by atoms with E-state index in [0.717, 1.165) is 22.9 Å². The first-order chi connectivity index (χ1) is 12.9. The minimum Gasteiger partial charge on any atom is -0.350 e. The molecule has 2 heterocycles. The maximum absolute atomic E-state index is 12.9. The monoisotopic (exact) mass is 436 g/mol. The number of carbonyl (C=O) groups excluding carboxylic acids is 3. The van der Waals surface area contributed by atoms with Gasteiger partial charge in [-0.15, -0.1) is 0 Å². The van der Waals surface area contributed by atoms with Crippen molar-refractivity contribution in [2.45, 2.75) is 63.3 Å². The Morgan fingerprint density at radius 1 is 1.26 bits per heavy atom. The summed E-state index contributed by atoms with van der Waals surface area (Å²) in [7, 11) is 0. The van der Waals surface area contributed by atoms with Crippen molar-refractivity contribution in [1.82, 2.24) is 15.5 Å². The van der Waals surface area contributed by atoms with E-state index in [0.29, 0.717) is 19.4 Å². The molecule has 7 nitrogen and oxygen atoms in total. The number of rotatable bonds is 5. The summed E-state index contributed by atoms with van der Waals surface area (Å²) in [5, 5.41) is 5.65. The third-order valence-corrected chi connectivity index (χ3v) is 6.06. The van der Waals surface area contributed by atoms with Gasteiger partial charge in [0.1, 0.15) is 12.1 Å². The third-order valence-electron chi connectivity index (χ3n) is 5.29. The molecule has 0 radical (unpaired) electrons. The summed E-state index contributed by atoms with van der Waals surface area (Å²) < 4.78 is 0.933. The predicted molar refractivity (Wildman–Crippen MR) is 104 cm³/mol. The van der Waals surface area contributed by atoms with Gasteiger partial charge in [0.05, 0.1) is 6.04 Å². The molecule has 2 aliphatic rings. The Morgan fingerprint density at radius 3 is 2.67 bits per heavy atom. The molecule has 146 valence electrons. The quantitative estimate of drug-likeness (QED) is 0.641. The maximum Gasteiger partial charge on any atom is 0.246 e. The molecule has 4 N–H and O–H groups in total. The molecule has 27 heavy (non-hydrogen) atoms. The molecule has 1 unspecified atom stereocenters. The number of nitrogens with zero attached hydrogens (tertiary/aromatic N) is 1. The number of hydrogen-bond acceptors (Lipinski definition) is 4. The molecule has 2 aliphatic heterocycles. The van der Waals surface area contributed by atoms with E-state index in [9.17, 15) is 14.4 Å². The molecule has 3 rings (SSSR count). The Morgan fingerprint density at radius 2 is 1.96 bits per heavy atom.